The van der Waals surface area contributed by atoms with Gasteiger partial charge in [0.25, 0.3) is 0 Å². The molecule has 1 atom stereocenters. The van der Waals surface area contributed by atoms with Crippen LogP contribution in [0.1, 0.15) is 64.1 Å². The van der Waals surface area contributed by atoms with Crippen molar-refractivity contribution in [2.45, 2.75) is 65.0 Å². The zero-order valence-electron chi connectivity index (χ0n) is 11.9. The van der Waals surface area contributed by atoms with Gasteiger partial charge in [-0.3, -0.25) is 0 Å². The van der Waals surface area contributed by atoms with Crippen LogP contribution in [0.3, 0.4) is 0 Å². The molecular weight excluding hydrogens is 222 g/mol. The van der Waals surface area contributed by atoms with E-state index in [2.05, 4.69) is 28.7 Å². The van der Waals surface area contributed by atoms with Crippen LogP contribution in [-0.4, -0.2) is 16.1 Å². The van der Waals surface area contributed by atoms with E-state index >= 15 is 0 Å². The number of aromatic nitrogens is 2. The average molecular weight is 249 g/mol. The Bertz CT molecular complexity index is 339. The summed E-state index contributed by atoms with van der Waals surface area (Å²) in [6.07, 6.45) is 12.3. The highest BCUT2D eigenvalue weighted by Crippen LogP contribution is 2.35. The molecular formula is C15H27N3. The quantitative estimate of drug-likeness (QED) is 0.836. The number of rotatable bonds is 6. The minimum atomic E-state index is 0.654. The van der Waals surface area contributed by atoms with Gasteiger partial charge >= 0.3 is 0 Å². The van der Waals surface area contributed by atoms with Crippen LogP contribution in [0, 0.1) is 5.92 Å². The van der Waals surface area contributed by atoms with Gasteiger partial charge in [0.15, 0.2) is 0 Å². The fraction of sp³-hybridized carbons (Fsp3) is 0.800. The van der Waals surface area contributed by atoms with E-state index in [1.54, 1.807) is 0 Å². The predicted octanol–water partition coefficient (Wildman–Crippen LogP) is 3.52. The summed E-state index contributed by atoms with van der Waals surface area (Å²) in [5, 5.41) is 3.41. The van der Waals surface area contributed by atoms with Crippen LogP contribution in [-0.2, 0) is 6.54 Å². The molecule has 1 heterocycles. The standard InChI is InChI=1S/C15H27N3/c1-3-15(13-8-6-5-7-9-13)18-12-17-11-14(18)10-16-4-2/h11-13,15-16H,3-10H2,1-2H3. The van der Waals surface area contributed by atoms with Crippen molar-refractivity contribution in [3.63, 3.8) is 0 Å². The molecule has 0 spiro atoms. The van der Waals surface area contributed by atoms with Crippen molar-refractivity contribution < 1.29 is 0 Å². The maximum Gasteiger partial charge on any atom is 0.0951 e. The summed E-state index contributed by atoms with van der Waals surface area (Å²) in [5.74, 6) is 0.860. The minimum Gasteiger partial charge on any atom is -0.330 e. The van der Waals surface area contributed by atoms with Gasteiger partial charge in [-0.25, -0.2) is 4.98 Å². The molecule has 1 saturated carbocycles. The van der Waals surface area contributed by atoms with Gasteiger partial charge in [-0.05, 0) is 31.7 Å². The largest absolute Gasteiger partial charge is 0.330 e. The molecule has 0 saturated heterocycles. The number of hydrogen-bond acceptors (Lipinski definition) is 2. The first kappa shape index (κ1) is 13.6. The van der Waals surface area contributed by atoms with Crippen LogP contribution >= 0.6 is 0 Å². The van der Waals surface area contributed by atoms with Crippen LogP contribution in [0.2, 0.25) is 0 Å². The summed E-state index contributed by atoms with van der Waals surface area (Å²) in [7, 11) is 0. The van der Waals surface area contributed by atoms with Crippen LogP contribution in [0.15, 0.2) is 12.5 Å². The third-order valence-electron chi connectivity index (χ3n) is 4.27. The first-order chi connectivity index (χ1) is 8.86. The van der Waals surface area contributed by atoms with Crippen molar-refractivity contribution in [1.82, 2.24) is 14.9 Å². The second-order valence-corrected chi connectivity index (χ2v) is 5.45. The third-order valence-corrected chi connectivity index (χ3v) is 4.27. The fourth-order valence-corrected chi connectivity index (χ4v) is 3.30. The fourth-order valence-electron chi connectivity index (χ4n) is 3.30. The lowest BCUT2D eigenvalue weighted by Crippen LogP contribution is -2.24. The molecule has 0 radical (unpaired) electrons. The summed E-state index contributed by atoms with van der Waals surface area (Å²) in [6, 6.07) is 0.654. The minimum absolute atomic E-state index is 0.654. The van der Waals surface area contributed by atoms with Crippen LogP contribution < -0.4 is 5.32 Å². The molecule has 1 fully saturated rings. The molecule has 0 bridgehead atoms. The Kier molecular flexibility index (Phi) is 5.24. The summed E-state index contributed by atoms with van der Waals surface area (Å²) < 4.78 is 2.43. The Labute approximate surface area is 111 Å². The van der Waals surface area contributed by atoms with Crippen molar-refractivity contribution >= 4 is 0 Å². The normalized spacial score (nSPS) is 19.0. The third kappa shape index (κ3) is 3.14. The van der Waals surface area contributed by atoms with E-state index in [0.29, 0.717) is 6.04 Å². The van der Waals surface area contributed by atoms with Crippen molar-refractivity contribution in [2.24, 2.45) is 5.92 Å². The Morgan fingerprint density at radius 3 is 2.78 bits per heavy atom. The first-order valence-electron chi connectivity index (χ1n) is 7.58. The van der Waals surface area contributed by atoms with E-state index in [4.69, 9.17) is 0 Å². The Morgan fingerprint density at radius 2 is 2.11 bits per heavy atom. The van der Waals surface area contributed by atoms with Crippen molar-refractivity contribution in [2.75, 3.05) is 6.54 Å². The van der Waals surface area contributed by atoms with Crippen LogP contribution in [0.5, 0.6) is 0 Å². The lowest BCUT2D eigenvalue weighted by atomic mass is 9.82. The summed E-state index contributed by atoms with van der Waals surface area (Å²) in [5.41, 5.74) is 1.34. The number of nitrogens with one attached hydrogen (secondary N) is 1. The lowest BCUT2D eigenvalue weighted by Gasteiger charge is -2.31. The molecule has 1 aromatic heterocycles. The van der Waals surface area contributed by atoms with E-state index < -0.39 is 0 Å². The smallest absolute Gasteiger partial charge is 0.0951 e. The molecule has 1 aromatic rings. The van der Waals surface area contributed by atoms with E-state index in [1.807, 2.05) is 12.5 Å². The number of imidazole rings is 1. The van der Waals surface area contributed by atoms with Crippen molar-refractivity contribution in [1.29, 1.82) is 0 Å². The molecule has 1 N–H and O–H groups in total. The Balaban J connectivity index is 2.08. The summed E-state index contributed by atoms with van der Waals surface area (Å²) in [6.45, 7) is 6.43. The molecule has 1 unspecified atom stereocenters. The van der Waals surface area contributed by atoms with Gasteiger partial charge in [0, 0.05) is 18.8 Å². The predicted molar refractivity (Wildman–Crippen MR) is 75.5 cm³/mol. The lowest BCUT2D eigenvalue weighted by molar-refractivity contribution is 0.239. The molecule has 0 aliphatic heterocycles. The topological polar surface area (TPSA) is 29.9 Å². The van der Waals surface area contributed by atoms with E-state index in [-0.39, 0.29) is 0 Å². The average Bonchev–Trinajstić information content (AvgIpc) is 2.87. The van der Waals surface area contributed by atoms with Gasteiger partial charge in [-0.15, -0.1) is 0 Å². The van der Waals surface area contributed by atoms with Crippen molar-refractivity contribution in [3.8, 4) is 0 Å². The molecule has 18 heavy (non-hydrogen) atoms. The van der Waals surface area contributed by atoms with Crippen molar-refractivity contribution in [3.05, 3.63) is 18.2 Å². The van der Waals surface area contributed by atoms with Gasteiger partial charge in [-0.2, -0.15) is 0 Å². The van der Waals surface area contributed by atoms with Gasteiger partial charge in [-0.1, -0.05) is 33.1 Å². The molecule has 102 valence electrons. The summed E-state index contributed by atoms with van der Waals surface area (Å²) >= 11 is 0. The molecule has 1 aliphatic carbocycles. The summed E-state index contributed by atoms with van der Waals surface area (Å²) in [4.78, 5) is 4.36. The number of hydrogen-bond donors (Lipinski definition) is 1. The highest BCUT2D eigenvalue weighted by molar-refractivity contribution is 5.01. The van der Waals surface area contributed by atoms with E-state index in [0.717, 1.165) is 19.0 Å². The number of nitrogens with zero attached hydrogens (tertiary/aromatic N) is 2. The second-order valence-electron chi connectivity index (χ2n) is 5.45. The van der Waals surface area contributed by atoms with Gasteiger partial charge in [0.1, 0.15) is 0 Å². The molecule has 0 aromatic carbocycles. The van der Waals surface area contributed by atoms with Crippen LogP contribution in [0.4, 0.5) is 0 Å². The molecule has 1 aliphatic rings. The molecule has 0 amide bonds. The Hall–Kier alpha value is -0.830. The SMILES string of the molecule is CCNCc1cncn1C(CC)C1CCCCC1. The maximum absolute atomic E-state index is 4.36. The highest BCUT2D eigenvalue weighted by atomic mass is 15.1. The monoisotopic (exact) mass is 249 g/mol. The van der Waals surface area contributed by atoms with Crippen LogP contribution in [0.25, 0.3) is 0 Å². The maximum atomic E-state index is 4.36. The van der Waals surface area contributed by atoms with E-state index in [1.165, 1.54) is 44.2 Å². The molecule has 3 nitrogen and oxygen atoms in total. The highest BCUT2D eigenvalue weighted by Gasteiger charge is 2.24. The Morgan fingerprint density at radius 1 is 1.33 bits per heavy atom. The van der Waals surface area contributed by atoms with Gasteiger partial charge in [0.05, 0.1) is 12.0 Å². The van der Waals surface area contributed by atoms with E-state index in [9.17, 15) is 0 Å². The second kappa shape index (κ2) is 6.93. The zero-order valence-corrected chi connectivity index (χ0v) is 11.9. The zero-order chi connectivity index (χ0) is 12.8. The van der Waals surface area contributed by atoms with Gasteiger partial charge < -0.3 is 9.88 Å². The first-order valence-corrected chi connectivity index (χ1v) is 7.58. The molecule has 3 heteroatoms. The van der Waals surface area contributed by atoms with Gasteiger partial charge in [0.2, 0.25) is 0 Å². The molecule has 2 rings (SSSR count).